The summed E-state index contributed by atoms with van der Waals surface area (Å²) in [5, 5.41) is 3.81. The van der Waals surface area contributed by atoms with E-state index in [0.29, 0.717) is 12.1 Å². The van der Waals surface area contributed by atoms with E-state index in [9.17, 15) is 53.1 Å². The lowest BCUT2D eigenvalue weighted by Gasteiger charge is -2.36. The van der Waals surface area contributed by atoms with E-state index < -0.39 is 65.9 Å². The molecular formula is C20H19F11N2O2. The normalized spacial score (nSPS) is 19.4. The van der Waals surface area contributed by atoms with Crippen LogP contribution < -0.4 is 10.6 Å². The van der Waals surface area contributed by atoms with Crippen molar-refractivity contribution in [1.29, 1.82) is 0 Å². The Morgan fingerprint density at radius 3 is 1.97 bits per heavy atom. The summed E-state index contributed by atoms with van der Waals surface area (Å²) >= 11 is 0. The van der Waals surface area contributed by atoms with Gasteiger partial charge in [-0.3, -0.25) is 0 Å². The van der Waals surface area contributed by atoms with Gasteiger partial charge in [0.05, 0.1) is 18.6 Å². The maximum absolute atomic E-state index is 14.0. The third kappa shape index (κ3) is 5.81. The number of ether oxygens (including phenoxy) is 1. The van der Waals surface area contributed by atoms with Gasteiger partial charge in [0, 0.05) is 0 Å². The molecule has 2 N–H and O–H groups in total. The zero-order chi connectivity index (χ0) is 27.2. The predicted octanol–water partition coefficient (Wildman–Crippen LogP) is 5.98. The third-order valence-electron chi connectivity index (χ3n) is 4.74. The van der Waals surface area contributed by atoms with Crippen LogP contribution in [0, 0.1) is 11.6 Å². The molecule has 0 fully saturated rings. The minimum absolute atomic E-state index is 0.0660. The van der Waals surface area contributed by atoms with Gasteiger partial charge in [0.1, 0.15) is 5.60 Å². The van der Waals surface area contributed by atoms with Gasteiger partial charge in [-0.2, -0.15) is 39.5 Å². The van der Waals surface area contributed by atoms with Crippen LogP contribution in [0.5, 0.6) is 0 Å². The van der Waals surface area contributed by atoms with Crippen molar-refractivity contribution < 1.29 is 57.8 Å². The van der Waals surface area contributed by atoms with Gasteiger partial charge in [-0.05, 0) is 44.0 Å². The SMILES string of the molecule is CC(C)(C)OC(=O)N[C@H]1c2cc(F)c(F)cc2C=C[C@@H]1NCC(F)(F)C(F)(F)C(F)(F)C(F)(F)F. The van der Waals surface area contributed by atoms with Crippen LogP contribution in [0.1, 0.15) is 37.9 Å². The molecule has 1 amide bonds. The Hall–Kier alpha value is -2.58. The summed E-state index contributed by atoms with van der Waals surface area (Å²) in [4.78, 5) is 12.2. The smallest absolute Gasteiger partial charge is 0.444 e. The average Bonchev–Trinajstić information content (AvgIpc) is 2.66. The fourth-order valence-corrected chi connectivity index (χ4v) is 3.06. The molecule has 1 aromatic carbocycles. The van der Waals surface area contributed by atoms with Crippen LogP contribution in [0.4, 0.5) is 53.1 Å². The number of rotatable bonds is 6. The van der Waals surface area contributed by atoms with Crippen LogP contribution in [0.3, 0.4) is 0 Å². The summed E-state index contributed by atoms with van der Waals surface area (Å²) in [7, 11) is 0. The van der Waals surface area contributed by atoms with E-state index in [0.717, 1.165) is 12.2 Å². The number of benzene rings is 1. The molecule has 1 aliphatic carbocycles. The van der Waals surface area contributed by atoms with Gasteiger partial charge in [0.25, 0.3) is 0 Å². The highest BCUT2D eigenvalue weighted by Crippen LogP contribution is 2.52. The monoisotopic (exact) mass is 528 g/mol. The molecule has 0 radical (unpaired) electrons. The summed E-state index contributed by atoms with van der Waals surface area (Å²) in [5.41, 5.74) is -1.40. The van der Waals surface area contributed by atoms with Crippen molar-refractivity contribution in [3.63, 3.8) is 0 Å². The molecule has 0 aliphatic heterocycles. The summed E-state index contributed by atoms with van der Waals surface area (Å²) in [6, 6.07) is -2.03. The van der Waals surface area contributed by atoms with Crippen molar-refractivity contribution in [1.82, 2.24) is 10.6 Å². The van der Waals surface area contributed by atoms with Crippen molar-refractivity contribution in [2.45, 2.75) is 62.4 Å². The Morgan fingerprint density at radius 1 is 0.914 bits per heavy atom. The number of alkyl halides is 9. The molecule has 0 unspecified atom stereocenters. The van der Waals surface area contributed by atoms with Crippen LogP contribution in [0.15, 0.2) is 18.2 Å². The van der Waals surface area contributed by atoms with Gasteiger partial charge in [-0.25, -0.2) is 13.6 Å². The van der Waals surface area contributed by atoms with E-state index in [1.54, 1.807) is 5.32 Å². The second kappa shape index (κ2) is 9.13. The topological polar surface area (TPSA) is 50.4 Å². The first-order chi connectivity index (χ1) is 15.6. The Morgan fingerprint density at radius 2 is 1.46 bits per heavy atom. The first-order valence-electron chi connectivity index (χ1n) is 9.71. The summed E-state index contributed by atoms with van der Waals surface area (Å²) in [6.45, 7) is 1.91. The van der Waals surface area contributed by atoms with Crippen LogP contribution in [0.25, 0.3) is 6.08 Å². The molecule has 0 bridgehead atoms. The maximum atomic E-state index is 14.0. The molecule has 15 heteroatoms. The molecule has 0 saturated carbocycles. The highest BCUT2D eigenvalue weighted by Gasteiger charge is 2.81. The number of carbonyl (C=O) groups excluding carboxylic acids is 1. The predicted molar refractivity (Wildman–Crippen MR) is 100 cm³/mol. The lowest BCUT2D eigenvalue weighted by Crippen LogP contribution is -2.64. The second-order valence-corrected chi connectivity index (χ2v) is 8.64. The van der Waals surface area contributed by atoms with Crippen LogP contribution >= 0.6 is 0 Å². The highest BCUT2D eigenvalue weighted by molar-refractivity contribution is 5.70. The van der Waals surface area contributed by atoms with E-state index >= 15 is 0 Å². The van der Waals surface area contributed by atoms with Gasteiger partial charge >= 0.3 is 30.0 Å². The molecule has 1 aromatic rings. The summed E-state index contributed by atoms with van der Waals surface area (Å²) < 4.78 is 151. The van der Waals surface area contributed by atoms with Crippen LogP contribution in [-0.4, -0.2) is 48.2 Å². The number of nitrogens with one attached hydrogen (secondary N) is 2. The highest BCUT2D eigenvalue weighted by atomic mass is 19.4. The zero-order valence-corrected chi connectivity index (χ0v) is 18.1. The minimum Gasteiger partial charge on any atom is -0.444 e. The molecule has 4 nitrogen and oxygen atoms in total. The fourth-order valence-electron chi connectivity index (χ4n) is 3.06. The van der Waals surface area contributed by atoms with Crippen molar-refractivity contribution in [3.05, 3.63) is 41.0 Å². The van der Waals surface area contributed by atoms with E-state index in [4.69, 9.17) is 4.74 Å². The number of fused-ring (bicyclic) bond motifs is 1. The number of hydrogen-bond acceptors (Lipinski definition) is 3. The van der Waals surface area contributed by atoms with E-state index in [2.05, 4.69) is 5.32 Å². The van der Waals surface area contributed by atoms with E-state index in [1.165, 1.54) is 20.8 Å². The molecule has 0 aromatic heterocycles. The molecule has 0 spiro atoms. The Bertz CT molecular complexity index is 985. The minimum atomic E-state index is -7.07. The van der Waals surface area contributed by atoms with Gasteiger partial charge in [0.15, 0.2) is 11.6 Å². The average molecular weight is 528 g/mol. The fraction of sp³-hybridized carbons (Fsp3) is 0.550. The Labute approximate surface area is 191 Å². The first kappa shape index (κ1) is 28.7. The Kier molecular flexibility index (Phi) is 7.48. The molecule has 2 atom stereocenters. The van der Waals surface area contributed by atoms with Gasteiger partial charge < -0.3 is 15.4 Å². The maximum Gasteiger partial charge on any atom is 0.460 e. The second-order valence-electron chi connectivity index (χ2n) is 8.64. The van der Waals surface area contributed by atoms with Crippen molar-refractivity contribution in [3.8, 4) is 0 Å². The third-order valence-corrected chi connectivity index (χ3v) is 4.74. The lowest BCUT2D eigenvalue weighted by molar-refractivity contribution is -0.394. The molecule has 1 aliphatic rings. The molecule has 198 valence electrons. The lowest BCUT2D eigenvalue weighted by atomic mass is 9.88. The largest absolute Gasteiger partial charge is 0.460 e. The first-order valence-corrected chi connectivity index (χ1v) is 9.71. The van der Waals surface area contributed by atoms with E-state index in [-0.39, 0.29) is 11.1 Å². The molecule has 0 heterocycles. The standard InChI is InChI=1S/C20H19F11N2O2/c1-16(2,3)35-15(34)33-14-10-7-12(22)11(21)6-9(10)4-5-13(14)32-8-17(23,24)18(25,26)19(27,28)20(29,30)31/h4-7,13-14,32H,8H2,1-3H3,(H,33,34)/t13-,14-/m0/s1. The molecule has 0 saturated heterocycles. The zero-order valence-electron chi connectivity index (χ0n) is 18.1. The van der Waals surface area contributed by atoms with Gasteiger partial charge in [0.2, 0.25) is 0 Å². The van der Waals surface area contributed by atoms with Gasteiger partial charge in [-0.15, -0.1) is 0 Å². The number of amides is 1. The number of alkyl carbamates (subject to hydrolysis) is 1. The Balaban J connectivity index is 2.37. The number of carbonyl (C=O) groups is 1. The molecule has 2 rings (SSSR count). The number of halogens is 11. The van der Waals surface area contributed by atoms with Gasteiger partial charge in [-0.1, -0.05) is 12.2 Å². The quantitative estimate of drug-likeness (QED) is 0.447. The summed E-state index contributed by atoms with van der Waals surface area (Å²) in [5.74, 6) is -22.6. The van der Waals surface area contributed by atoms with Crippen molar-refractivity contribution in [2.24, 2.45) is 0 Å². The van der Waals surface area contributed by atoms with E-state index in [1.807, 2.05) is 0 Å². The summed E-state index contributed by atoms with van der Waals surface area (Å²) in [6.07, 6.45) is -6.26. The van der Waals surface area contributed by atoms with Crippen molar-refractivity contribution in [2.75, 3.05) is 6.54 Å². The van der Waals surface area contributed by atoms with Crippen LogP contribution in [-0.2, 0) is 4.74 Å². The van der Waals surface area contributed by atoms with Crippen molar-refractivity contribution >= 4 is 12.2 Å². The molecular weight excluding hydrogens is 509 g/mol. The number of hydrogen-bond donors (Lipinski definition) is 2. The van der Waals surface area contributed by atoms with Crippen LogP contribution in [0.2, 0.25) is 0 Å². The molecule has 35 heavy (non-hydrogen) atoms.